The minimum absolute atomic E-state index is 0.0318. The molecule has 0 aliphatic heterocycles. The van der Waals surface area contributed by atoms with Crippen LogP contribution in [0.15, 0.2) is 24.5 Å². The van der Waals surface area contributed by atoms with Gasteiger partial charge in [-0.15, -0.1) is 5.10 Å². The Balaban J connectivity index is 1.36. The molecule has 1 aliphatic rings. The Morgan fingerprint density at radius 3 is 2.71 bits per heavy atom. The number of hydrogen-bond donors (Lipinski definition) is 2. The lowest BCUT2D eigenvalue weighted by Crippen LogP contribution is -2.16. The van der Waals surface area contributed by atoms with Crippen molar-refractivity contribution >= 4 is 17.6 Å². The molecule has 0 saturated heterocycles. The van der Waals surface area contributed by atoms with Gasteiger partial charge in [-0.05, 0) is 50.2 Å². The van der Waals surface area contributed by atoms with Crippen LogP contribution in [0.3, 0.4) is 0 Å². The minimum atomic E-state index is -0.128. The molecule has 1 fully saturated rings. The average Bonchev–Trinajstić information content (AvgIpc) is 3.38. The first-order valence-electron chi connectivity index (χ1n) is 10.0. The van der Waals surface area contributed by atoms with Crippen molar-refractivity contribution in [2.24, 2.45) is 5.92 Å². The highest BCUT2D eigenvalue weighted by atomic mass is 16.2. The number of aryl methyl sites for hydroxylation is 2. The van der Waals surface area contributed by atoms with Crippen molar-refractivity contribution < 1.29 is 9.59 Å². The fraction of sp³-hybridized carbons (Fsp3) is 0.550. The Labute approximate surface area is 165 Å². The summed E-state index contributed by atoms with van der Waals surface area (Å²) < 4.78 is 1.78. The summed E-state index contributed by atoms with van der Waals surface area (Å²) in [5.41, 5.74) is 1.47. The van der Waals surface area contributed by atoms with Gasteiger partial charge < -0.3 is 10.6 Å². The van der Waals surface area contributed by atoms with Crippen molar-refractivity contribution in [2.45, 2.75) is 57.9 Å². The highest BCUT2D eigenvalue weighted by Crippen LogP contribution is 2.27. The van der Waals surface area contributed by atoms with E-state index < -0.39 is 0 Å². The Bertz CT molecular complexity index is 780. The van der Waals surface area contributed by atoms with Crippen LogP contribution in [0.25, 0.3) is 0 Å². The predicted molar refractivity (Wildman–Crippen MR) is 106 cm³/mol. The second kappa shape index (κ2) is 9.96. The summed E-state index contributed by atoms with van der Waals surface area (Å²) in [6, 6.07) is 3.73. The third-order valence-corrected chi connectivity index (χ3v) is 5.13. The van der Waals surface area contributed by atoms with Crippen molar-refractivity contribution in [1.29, 1.82) is 0 Å². The number of nitrogens with one attached hydrogen (secondary N) is 2. The summed E-state index contributed by atoms with van der Waals surface area (Å²) in [5, 5.41) is 17.9. The molecule has 2 amide bonds. The van der Waals surface area contributed by atoms with E-state index in [0.717, 1.165) is 44.3 Å². The predicted octanol–water partition coefficient (Wildman–Crippen LogP) is 2.57. The van der Waals surface area contributed by atoms with Crippen LogP contribution in [0.1, 0.15) is 61.0 Å². The van der Waals surface area contributed by atoms with E-state index in [-0.39, 0.29) is 11.8 Å². The Morgan fingerprint density at radius 1 is 1.18 bits per heavy atom. The normalized spacial score (nSPS) is 14.2. The Hall–Kier alpha value is -2.77. The first-order valence-corrected chi connectivity index (χ1v) is 10.0. The van der Waals surface area contributed by atoms with Gasteiger partial charge in [0.05, 0.1) is 17.5 Å². The third kappa shape index (κ3) is 5.87. The maximum atomic E-state index is 12.0. The molecule has 2 heterocycles. The van der Waals surface area contributed by atoms with Crippen molar-refractivity contribution in [2.75, 3.05) is 12.4 Å². The fourth-order valence-electron chi connectivity index (χ4n) is 3.56. The lowest BCUT2D eigenvalue weighted by Gasteiger charge is -2.09. The summed E-state index contributed by atoms with van der Waals surface area (Å²) in [5.74, 6) is 0.945. The van der Waals surface area contributed by atoms with Gasteiger partial charge in [-0.25, -0.2) is 0 Å². The zero-order valence-electron chi connectivity index (χ0n) is 16.4. The number of nitrogens with zero attached hydrogens (tertiary/aromatic N) is 4. The monoisotopic (exact) mass is 384 g/mol. The van der Waals surface area contributed by atoms with Crippen LogP contribution in [-0.2, 0) is 17.8 Å². The molecule has 1 saturated carbocycles. The number of hydrogen-bond acceptors (Lipinski definition) is 5. The van der Waals surface area contributed by atoms with E-state index in [1.807, 2.05) is 12.1 Å². The highest BCUT2D eigenvalue weighted by molar-refractivity contribution is 5.93. The third-order valence-electron chi connectivity index (χ3n) is 5.13. The van der Waals surface area contributed by atoms with Crippen LogP contribution in [0.5, 0.6) is 0 Å². The van der Waals surface area contributed by atoms with Gasteiger partial charge in [-0.3, -0.25) is 14.3 Å². The van der Waals surface area contributed by atoms with Crippen molar-refractivity contribution in [3.8, 4) is 0 Å². The molecule has 2 N–H and O–H groups in total. The molecule has 0 aromatic carbocycles. The number of unbranched alkanes of at least 4 members (excludes halogenated alkanes) is 1. The van der Waals surface area contributed by atoms with Gasteiger partial charge in [0, 0.05) is 26.2 Å². The van der Waals surface area contributed by atoms with Crippen molar-refractivity contribution in [3.63, 3.8) is 0 Å². The molecular formula is C20H28N6O2. The summed E-state index contributed by atoms with van der Waals surface area (Å²) in [4.78, 5) is 23.6. The van der Waals surface area contributed by atoms with E-state index in [9.17, 15) is 9.59 Å². The average molecular weight is 384 g/mol. The largest absolute Gasteiger partial charge is 0.355 e. The fourth-order valence-corrected chi connectivity index (χ4v) is 3.56. The van der Waals surface area contributed by atoms with Crippen LogP contribution < -0.4 is 10.6 Å². The first-order chi connectivity index (χ1) is 13.6. The summed E-state index contributed by atoms with van der Waals surface area (Å²) in [7, 11) is 1.60. The molecule has 2 aromatic rings. The second-order valence-electron chi connectivity index (χ2n) is 7.34. The molecule has 150 valence electrons. The molecule has 0 unspecified atom stereocenters. The van der Waals surface area contributed by atoms with E-state index in [4.69, 9.17) is 0 Å². The van der Waals surface area contributed by atoms with Crippen molar-refractivity contribution in [1.82, 2.24) is 25.3 Å². The zero-order chi connectivity index (χ0) is 19.8. The van der Waals surface area contributed by atoms with Gasteiger partial charge in [0.15, 0.2) is 5.82 Å². The van der Waals surface area contributed by atoms with Crippen LogP contribution in [-0.4, -0.2) is 38.8 Å². The Morgan fingerprint density at radius 2 is 2.00 bits per heavy atom. The highest BCUT2D eigenvalue weighted by Gasteiger charge is 2.18. The van der Waals surface area contributed by atoms with Crippen LogP contribution in [0.4, 0.5) is 5.82 Å². The second-order valence-corrected chi connectivity index (χ2v) is 7.34. The maximum Gasteiger partial charge on any atom is 0.254 e. The van der Waals surface area contributed by atoms with E-state index in [2.05, 4.69) is 25.9 Å². The van der Waals surface area contributed by atoms with E-state index in [1.54, 1.807) is 24.1 Å². The lowest BCUT2D eigenvalue weighted by atomic mass is 10.0. The molecule has 1 aliphatic carbocycles. The molecule has 0 bridgehead atoms. The number of carbonyl (C=O) groups excluding carboxylic acids is 2. The molecule has 0 spiro atoms. The van der Waals surface area contributed by atoms with Gasteiger partial charge >= 0.3 is 0 Å². The number of rotatable bonds is 9. The van der Waals surface area contributed by atoms with Crippen LogP contribution in [0, 0.1) is 5.92 Å². The van der Waals surface area contributed by atoms with Crippen LogP contribution in [0.2, 0.25) is 0 Å². The van der Waals surface area contributed by atoms with E-state index in [1.165, 1.54) is 12.8 Å². The molecular weight excluding hydrogens is 356 g/mol. The van der Waals surface area contributed by atoms with Gasteiger partial charge in [0.2, 0.25) is 5.91 Å². The molecule has 8 nitrogen and oxygen atoms in total. The number of carbonyl (C=O) groups is 2. The zero-order valence-corrected chi connectivity index (χ0v) is 16.4. The summed E-state index contributed by atoms with van der Waals surface area (Å²) in [6.45, 7) is 0.750. The number of aromatic nitrogens is 4. The van der Waals surface area contributed by atoms with Gasteiger partial charge in [-0.1, -0.05) is 12.8 Å². The summed E-state index contributed by atoms with van der Waals surface area (Å²) >= 11 is 0. The molecule has 0 atom stereocenters. The van der Waals surface area contributed by atoms with E-state index >= 15 is 0 Å². The minimum Gasteiger partial charge on any atom is -0.355 e. The molecule has 8 heteroatoms. The van der Waals surface area contributed by atoms with Crippen LogP contribution >= 0.6 is 0 Å². The van der Waals surface area contributed by atoms with E-state index in [0.29, 0.717) is 23.7 Å². The number of anilines is 1. The standard InChI is InChI=1S/C20H28N6O2/c1-21-20(28)16-13-22-26(14-16)11-5-4-8-17-9-10-18(25-24-17)23-19(27)12-15-6-2-3-7-15/h9-10,13-15H,2-8,11-12H2,1H3,(H,21,28)(H,23,25,27). The Kier molecular flexibility index (Phi) is 7.11. The quantitative estimate of drug-likeness (QED) is 0.647. The molecule has 2 aromatic heterocycles. The first kappa shape index (κ1) is 20.0. The smallest absolute Gasteiger partial charge is 0.254 e. The molecule has 3 rings (SSSR count). The van der Waals surface area contributed by atoms with Crippen molar-refractivity contribution in [3.05, 3.63) is 35.8 Å². The van der Waals surface area contributed by atoms with Gasteiger partial charge in [0.25, 0.3) is 5.91 Å². The summed E-state index contributed by atoms with van der Waals surface area (Å²) in [6.07, 6.45) is 11.4. The SMILES string of the molecule is CNC(=O)c1cnn(CCCCc2ccc(NC(=O)CC3CCCC3)nn2)c1. The maximum absolute atomic E-state index is 12.0. The topological polar surface area (TPSA) is 102 Å². The molecule has 0 radical (unpaired) electrons. The lowest BCUT2D eigenvalue weighted by molar-refractivity contribution is -0.117. The molecule has 28 heavy (non-hydrogen) atoms. The van der Waals surface area contributed by atoms with Gasteiger partial charge in [0.1, 0.15) is 0 Å². The van der Waals surface area contributed by atoms with Gasteiger partial charge in [-0.2, -0.15) is 10.2 Å². The number of amides is 2.